The number of aryl methyl sites for hydroxylation is 2. The van der Waals surface area contributed by atoms with Crippen LogP contribution in [0, 0.1) is 19.8 Å². The van der Waals surface area contributed by atoms with E-state index in [-0.39, 0.29) is 18.4 Å². The topological polar surface area (TPSA) is 46.5 Å². The van der Waals surface area contributed by atoms with Crippen molar-refractivity contribution < 1.29 is 14.6 Å². The van der Waals surface area contributed by atoms with Gasteiger partial charge < -0.3 is 9.84 Å². The largest absolute Gasteiger partial charge is 0.490 e. The van der Waals surface area contributed by atoms with Crippen LogP contribution >= 0.6 is 0 Å². The molecular weight excluding hydrogens is 228 g/mol. The SMILES string of the molecule is Cc1ccc(C)c(OC2CCC(CC(=O)O)C2)c1. The van der Waals surface area contributed by atoms with Crippen molar-refractivity contribution in [2.75, 3.05) is 0 Å². The number of carboxylic acids is 1. The van der Waals surface area contributed by atoms with Gasteiger partial charge in [-0.05, 0) is 56.2 Å². The van der Waals surface area contributed by atoms with Gasteiger partial charge in [0.1, 0.15) is 5.75 Å². The summed E-state index contributed by atoms with van der Waals surface area (Å²) < 4.78 is 6.01. The van der Waals surface area contributed by atoms with Crippen LogP contribution < -0.4 is 4.74 Å². The van der Waals surface area contributed by atoms with Gasteiger partial charge in [0.2, 0.25) is 0 Å². The van der Waals surface area contributed by atoms with Crippen LogP contribution in [0.15, 0.2) is 18.2 Å². The molecule has 0 radical (unpaired) electrons. The van der Waals surface area contributed by atoms with E-state index >= 15 is 0 Å². The lowest BCUT2D eigenvalue weighted by Crippen LogP contribution is -2.14. The number of hydrogen-bond donors (Lipinski definition) is 1. The van der Waals surface area contributed by atoms with Crippen LogP contribution in [0.1, 0.15) is 36.8 Å². The Labute approximate surface area is 108 Å². The van der Waals surface area contributed by atoms with Gasteiger partial charge >= 0.3 is 5.97 Å². The maximum absolute atomic E-state index is 10.7. The highest BCUT2D eigenvalue weighted by atomic mass is 16.5. The smallest absolute Gasteiger partial charge is 0.303 e. The Balaban J connectivity index is 1.95. The highest BCUT2D eigenvalue weighted by Gasteiger charge is 2.27. The van der Waals surface area contributed by atoms with E-state index < -0.39 is 5.97 Å². The average molecular weight is 248 g/mol. The lowest BCUT2D eigenvalue weighted by molar-refractivity contribution is -0.138. The first-order valence-electron chi connectivity index (χ1n) is 6.50. The van der Waals surface area contributed by atoms with Crippen molar-refractivity contribution in [3.8, 4) is 5.75 Å². The van der Waals surface area contributed by atoms with Crippen molar-refractivity contribution >= 4 is 5.97 Å². The van der Waals surface area contributed by atoms with E-state index in [1.54, 1.807) is 0 Å². The molecular formula is C15H20O3. The molecule has 0 aromatic heterocycles. The van der Waals surface area contributed by atoms with Gasteiger partial charge in [-0.3, -0.25) is 4.79 Å². The summed E-state index contributed by atoms with van der Waals surface area (Å²) in [5.41, 5.74) is 2.33. The molecule has 0 bridgehead atoms. The van der Waals surface area contributed by atoms with Gasteiger partial charge in [0.15, 0.2) is 0 Å². The first kappa shape index (κ1) is 12.9. The predicted octanol–water partition coefficient (Wildman–Crippen LogP) is 3.33. The number of rotatable bonds is 4. The van der Waals surface area contributed by atoms with Gasteiger partial charge in [0.05, 0.1) is 6.10 Å². The van der Waals surface area contributed by atoms with E-state index in [0.717, 1.165) is 30.6 Å². The lowest BCUT2D eigenvalue weighted by atomic mass is 10.0. The van der Waals surface area contributed by atoms with Crippen LogP contribution in [0.2, 0.25) is 0 Å². The zero-order valence-corrected chi connectivity index (χ0v) is 11.0. The minimum absolute atomic E-state index is 0.176. The van der Waals surface area contributed by atoms with E-state index in [9.17, 15) is 4.79 Å². The van der Waals surface area contributed by atoms with Gasteiger partial charge in [0.25, 0.3) is 0 Å². The Morgan fingerprint density at radius 3 is 2.89 bits per heavy atom. The number of carboxylic acid groups (broad SMARTS) is 1. The normalized spacial score (nSPS) is 23.0. The van der Waals surface area contributed by atoms with E-state index in [0.29, 0.717) is 0 Å². The van der Waals surface area contributed by atoms with Crippen molar-refractivity contribution in [3.63, 3.8) is 0 Å². The molecule has 1 saturated carbocycles. The fraction of sp³-hybridized carbons (Fsp3) is 0.533. The summed E-state index contributed by atoms with van der Waals surface area (Å²) in [6.45, 7) is 4.09. The van der Waals surface area contributed by atoms with Crippen LogP contribution in [-0.2, 0) is 4.79 Å². The monoisotopic (exact) mass is 248 g/mol. The minimum atomic E-state index is -0.701. The van der Waals surface area contributed by atoms with Crippen molar-refractivity contribution in [2.45, 2.75) is 45.6 Å². The molecule has 3 nitrogen and oxygen atoms in total. The number of ether oxygens (including phenoxy) is 1. The first-order chi connectivity index (χ1) is 8.54. The van der Waals surface area contributed by atoms with E-state index in [4.69, 9.17) is 9.84 Å². The van der Waals surface area contributed by atoms with Gasteiger partial charge in [-0.2, -0.15) is 0 Å². The Kier molecular flexibility index (Phi) is 3.90. The Hall–Kier alpha value is -1.51. The summed E-state index contributed by atoms with van der Waals surface area (Å²) in [5, 5.41) is 8.79. The number of carbonyl (C=O) groups is 1. The molecule has 1 N–H and O–H groups in total. The molecule has 2 rings (SSSR count). The zero-order valence-electron chi connectivity index (χ0n) is 11.0. The predicted molar refractivity (Wildman–Crippen MR) is 69.9 cm³/mol. The Morgan fingerprint density at radius 2 is 2.17 bits per heavy atom. The molecule has 0 spiro atoms. The summed E-state index contributed by atoms with van der Waals surface area (Å²) >= 11 is 0. The van der Waals surface area contributed by atoms with E-state index in [2.05, 4.69) is 18.2 Å². The summed E-state index contributed by atoms with van der Waals surface area (Å²) in [5.74, 6) is 0.515. The summed E-state index contributed by atoms with van der Waals surface area (Å²) in [6.07, 6.45) is 3.23. The summed E-state index contributed by atoms with van der Waals surface area (Å²) in [7, 11) is 0. The third-order valence-electron chi connectivity index (χ3n) is 3.59. The number of aliphatic carboxylic acids is 1. The molecule has 3 heteroatoms. The Morgan fingerprint density at radius 1 is 1.39 bits per heavy atom. The quantitative estimate of drug-likeness (QED) is 0.889. The molecule has 0 aliphatic heterocycles. The van der Waals surface area contributed by atoms with Crippen molar-refractivity contribution in [3.05, 3.63) is 29.3 Å². The first-order valence-corrected chi connectivity index (χ1v) is 6.50. The highest BCUT2D eigenvalue weighted by Crippen LogP contribution is 2.32. The molecule has 18 heavy (non-hydrogen) atoms. The second-order valence-corrected chi connectivity index (χ2v) is 5.29. The summed E-state index contributed by atoms with van der Waals surface area (Å²) in [4.78, 5) is 10.7. The summed E-state index contributed by atoms with van der Waals surface area (Å²) in [6, 6.07) is 6.19. The van der Waals surface area contributed by atoms with E-state index in [1.165, 1.54) is 5.56 Å². The number of benzene rings is 1. The standard InChI is InChI=1S/C15H20O3/c1-10-3-4-11(2)14(7-10)18-13-6-5-12(8-13)9-15(16)17/h3-4,7,12-13H,5-6,8-9H2,1-2H3,(H,16,17). The van der Waals surface area contributed by atoms with Crippen LogP contribution in [0.25, 0.3) is 0 Å². The highest BCUT2D eigenvalue weighted by molar-refractivity contribution is 5.67. The zero-order chi connectivity index (χ0) is 13.1. The second kappa shape index (κ2) is 5.42. The molecule has 2 unspecified atom stereocenters. The molecule has 1 aliphatic carbocycles. The third-order valence-corrected chi connectivity index (χ3v) is 3.59. The molecule has 2 atom stereocenters. The second-order valence-electron chi connectivity index (χ2n) is 5.29. The third kappa shape index (κ3) is 3.25. The average Bonchev–Trinajstić information content (AvgIpc) is 2.70. The minimum Gasteiger partial charge on any atom is -0.490 e. The van der Waals surface area contributed by atoms with Gasteiger partial charge in [-0.1, -0.05) is 12.1 Å². The maximum atomic E-state index is 10.7. The molecule has 0 saturated heterocycles. The number of hydrogen-bond acceptors (Lipinski definition) is 2. The fourth-order valence-corrected chi connectivity index (χ4v) is 2.58. The molecule has 0 amide bonds. The lowest BCUT2D eigenvalue weighted by Gasteiger charge is -2.16. The molecule has 1 aromatic rings. The maximum Gasteiger partial charge on any atom is 0.303 e. The molecule has 1 aromatic carbocycles. The van der Waals surface area contributed by atoms with Crippen molar-refractivity contribution in [1.29, 1.82) is 0 Å². The van der Waals surface area contributed by atoms with Crippen LogP contribution in [-0.4, -0.2) is 17.2 Å². The van der Waals surface area contributed by atoms with Crippen LogP contribution in [0.4, 0.5) is 0 Å². The molecule has 98 valence electrons. The van der Waals surface area contributed by atoms with Gasteiger partial charge in [-0.15, -0.1) is 0 Å². The van der Waals surface area contributed by atoms with Crippen LogP contribution in [0.3, 0.4) is 0 Å². The van der Waals surface area contributed by atoms with Gasteiger partial charge in [0, 0.05) is 6.42 Å². The van der Waals surface area contributed by atoms with E-state index in [1.807, 2.05) is 13.8 Å². The molecule has 0 heterocycles. The van der Waals surface area contributed by atoms with Crippen LogP contribution in [0.5, 0.6) is 5.75 Å². The van der Waals surface area contributed by atoms with Crippen molar-refractivity contribution in [1.82, 2.24) is 0 Å². The fourth-order valence-electron chi connectivity index (χ4n) is 2.58. The molecule has 1 fully saturated rings. The Bertz CT molecular complexity index is 439. The molecule has 1 aliphatic rings. The van der Waals surface area contributed by atoms with Crippen molar-refractivity contribution in [2.24, 2.45) is 5.92 Å². The van der Waals surface area contributed by atoms with Gasteiger partial charge in [-0.25, -0.2) is 0 Å².